The van der Waals surface area contributed by atoms with Gasteiger partial charge in [0.1, 0.15) is 0 Å². The van der Waals surface area contributed by atoms with Crippen LogP contribution in [0.15, 0.2) is 4.99 Å². The molecule has 0 spiro atoms. The Morgan fingerprint density at radius 3 is 2.58 bits per heavy atom. The van der Waals surface area contributed by atoms with Crippen molar-refractivity contribution in [3.63, 3.8) is 0 Å². The van der Waals surface area contributed by atoms with Crippen LogP contribution in [0.25, 0.3) is 0 Å². The van der Waals surface area contributed by atoms with Crippen molar-refractivity contribution in [2.24, 2.45) is 4.99 Å². The summed E-state index contributed by atoms with van der Waals surface area (Å²) in [5.41, 5.74) is 0. The van der Waals surface area contributed by atoms with Crippen molar-refractivity contribution in [3.05, 3.63) is 0 Å². The predicted octanol–water partition coefficient (Wildman–Crippen LogP) is 0.0890. The van der Waals surface area contributed by atoms with Gasteiger partial charge in [-0.05, 0) is 12.2 Å². The highest BCUT2D eigenvalue weighted by molar-refractivity contribution is 7.78. The van der Waals surface area contributed by atoms with Gasteiger partial charge in [-0.15, -0.1) is 0 Å². The molecule has 1 unspecified atom stereocenters. The van der Waals surface area contributed by atoms with Crippen LogP contribution in [0, 0.1) is 0 Å². The van der Waals surface area contributed by atoms with Gasteiger partial charge in [0.25, 0.3) is 0 Å². The molecule has 2 bridgehead atoms. The molecule has 0 N–H and O–H groups in total. The molecule has 0 amide bonds. The molecule has 3 aliphatic rings. The summed E-state index contributed by atoms with van der Waals surface area (Å²) in [6.07, 6.45) is 0. The monoisotopic (exact) mass is 183 g/mol. The lowest BCUT2D eigenvalue weighted by Crippen LogP contribution is -2.61. The maximum Gasteiger partial charge on any atom is 0.0661 e. The van der Waals surface area contributed by atoms with Crippen molar-refractivity contribution in [1.82, 2.24) is 9.80 Å². The zero-order valence-electron chi connectivity index (χ0n) is 7.07. The Balaban J connectivity index is 1.94. The van der Waals surface area contributed by atoms with Crippen molar-refractivity contribution in [2.75, 3.05) is 39.3 Å². The van der Waals surface area contributed by atoms with E-state index in [1.54, 1.807) is 0 Å². The fraction of sp³-hybridized carbons (Fsp3) is 0.875. The number of isothiocyanates is 1. The highest BCUT2D eigenvalue weighted by atomic mass is 32.1. The topological polar surface area (TPSA) is 18.8 Å². The summed E-state index contributed by atoms with van der Waals surface area (Å²) in [6.45, 7) is 6.88. The van der Waals surface area contributed by atoms with E-state index in [1.807, 2.05) is 0 Å². The van der Waals surface area contributed by atoms with Gasteiger partial charge >= 0.3 is 0 Å². The summed E-state index contributed by atoms with van der Waals surface area (Å²) in [6, 6.07) is 0.600. The number of aliphatic imine (C=N–C) groups is 1. The number of hydrogen-bond acceptors (Lipinski definition) is 4. The summed E-state index contributed by atoms with van der Waals surface area (Å²) in [7, 11) is 0. The van der Waals surface area contributed by atoms with E-state index in [4.69, 9.17) is 0 Å². The largest absolute Gasteiger partial charge is 0.299 e. The zero-order valence-corrected chi connectivity index (χ0v) is 7.89. The fourth-order valence-corrected chi connectivity index (χ4v) is 2.11. The Hall–Kier alpha value is -0.280. The molecule has 66 valence electrons. The molecule has 1 atom stereocenters. The number of nitrogens with zero attached hydrogens (tertiary/aromatic N) is 3. The standard InChI is InChI=1S/C8H13N3S/c12-7-9-5-8-6-10-1-3-11(8)4-2-10/h8H,1-6H2. The van der Waals surface area contributed by atoms with E-state index in [0.717, 1.165) is 6.54 Å². The van der Waals surface area contributed by atoms with Crippen LogP contribution < -0.4 is 0 Å². The van der Waals surface area contributed by atoms with Crippen molar-refractivity contribution in [3.8, 4) is 0 Å². The highest BCUT2D eigenvalue weighted by Gasteiger charge is 2.31. The molecular weight excluding hydrogens is 170 g/mol. The summed E-state index contributed by atoms with van der Waals surface area (Å²) in [5.74, 6) is 0. The van der Waals surface area contributed by atoms with Crippen LogP contribution in [-0.4, -0.2) is 60.3 Å². The van der Waals surface area contributed by atoms with Crippen molar-refractivity contribution in [1.29, 1.82) is 0 Å². The van der Waals surface area contributed by atoms with Gasteiger partial charge in [-0.2, -0.15) is 0 Å². The van der Waals surface area contributed by atoms with Crippen LogP contribution in [-0.2, 0) is 0 Å². The molecule has 4 heteroatoms. The molecule has 0 radical (unpaired) electrons. The van der Waals surface area contributed by atoms with E-state index < -0.39 is 0 Å². The third-order valence-corrected chi connectivity index (χ3v) is 2.89. The molecular formula is C8H13N3S. The van der Waals surface area contributed by atoms with Crippen LogP contribution in [0.1, 0.15) is 0 Å². The molecule has 0 aliphatic carbocycles. The van der Waals surface area contributed by atoms with E-state index in [9.17, 15) is 0 Å². The minimum absolute atomic E-state index is 0.600. The van der Waals surface area contributed by atoms with Crippen molar-refractivity contribution in [2.45, 2.75) is 6.04 Å². The van der Waals surface area contributed by atoms with E-state index >= 15 is 0 Å². The number of rotatable bonds is 2. The van der Waals surface area contributed by atoms with Crippen LogP contribution >= 0.6 is 12.2 Å². The Kier molecular flexibility index (Phi) is 2.51. The highest BCUT2D eigenvalue weighted by Crippen LogP contribution is 2.15. The predicted molar refractivity (Wildman–Crippen MR) is 51.7 cm³/mol. The lowest BCUT2D eigenvalue weighted by atomic mass is 10.1. The number of fused-ring (bicyclic) bond motifs is 3. The molecule has 0 aromatic carbocycles. The smallest absolute Gasteiger partial charge is 0.0661 e. The normalized spacial score (nSPS) is 39.2. The maximum atomic E-state index is 4.56. The molecule has 3 nitrogen and oxygen atoms in total. The number of hydrogen-bond donors (Lipinski definition) is 0. The minimum Gasteiger partial charge on any atom is -0.299 e. The third-order valence-electron chi connectivity index (χ3n) is 2.76. The zero-order chi connectivity index (χ0) is 8.39. The molecule has 3 saturated heterocycles. The first-order valence-corrected chi connectivity index (χ1v) is 4.81. The first kappa shape index (κ1) is 8.32. The molecule has 0 saturated carbocycles. The number of thiocarbonyl (C=S) groups is 1. The SMILES string of the molecule is S=C=NCC1CN2CCN1CC2. The van der Waals surface area contributed by atoms with Gasteiger partial charge in [-0.1, -0.05) is 0 Å². The molecule has 3 fully saturated rings. The minimum atomic E-state index is 0.600. The van der Waals surface area contributed by atoms with E-state index in [0.29, 0.717) is 6.04 Å². The molecule has 12 heavy (non-hydrogen) atoms. The first-order chi connectivity index (χ1) is 5.90. The van der Waals surface area contributed by atoms with Gasteiger partial charge in [-0.3, -0.25) is 9.80 Å². The summed E-state index contributed by atoms with van der Waals surface area (Å²) in [4.78, 5) is 9.02. The quantitative estimate of drug-likeness (QED) is 0.446. The Morgan fingerprint density at radius 2 is 2.08 bits per heavy atom. The van der Waals surface area contributed by atoms with Gasteiger partial charge in [0, 0.05) is 38.8 Å². The summed E-state index contributed by atoms with van der Waals surface area (Å²) in [5, 5.41) is 2.44. The lowest BCUT2D eigenvalue weighted by Gasteiger charge is -2.46. The fourth-order valence-electron chi connectivity index (χ4n) is 2.04. The van der Waals surface area contributed by atoms with Gasteiger partial charge in [0.05, 0.1) is 11.7 Å². The molecule has 0 aromatic rings. The molecule has 0 aromatic heterocycles. The average molecular weight is 183 g/mol. The maximum absolute atomic E-state index is 4.56. The van der Waals surface area contributed by atoms with Crippen LogP contribution in [0.2, 0.25) is 0 Å². The van der Waals surface area contributed by atoms with E-state index in [2.05, 4.69) is 32.2 Å². The van der Waals surface area contributed by atoms with Crippen molar-refractivity contribution < 1.29 is 0 Å². The van der Waals surface area contributed by atoms with Gasteiger partial charge in [0.2, 0.25) is 0 Å². The summed E-state index contributed by atoms with van der Waals surface area (Å²) < 4.78 is 0. The molecule has 3 heterocycles. The second kappa shape index (κ2) is 3.62. The average Bonchev–Trinajstić information content (AvgIpc) is 2.17. The van der Waals surface area contributed by atoms with Crippen LogP contribution in [0.3, 0.4) is 0 Å². The number of piperazine rings is 3. The summed E-state index contributed by atoms with van der Waals surface area (Å²) >= 11 is 4.56. The first-order valence-electron chi connectivity index (χ1n) is 4.40. The third kappa shape index (κ3) is 1.57. The molecule has 3 aliphatic heterocycles. The van der Waals surface area contributed by atoms with Gasteiger partial charge in [-0.25, -0.2) is 4.99 Å². The second-order valence-corrected chi connectivity index (χ2v) is 3.60. The van der Waals surface area contributed by atoms with E-state index in [-0.39, 0.29) is 0 Å². The Morgan fingerprint density at radius 1 is 1.33 bits per heavy atom. The van der Waals surface area contributed by atoms with Crippen LogP contribution in [0.5, 0.6) is 0 Å². The Bertz CT molecular complexity index is 204. The van der Waals surface area contributed by atoms with Crippen LogP contribution in [0.4, 0.5) is 0 Å². The molecule has 3 rings (SSSR count). The lowest BCUT2D eigenvalue weighted by molar-refractivity contribution is 0.0175. The van der Waals surface area contributed by atoms with Gasteiger partial charge in [0.15, 0.2) is 0 Å². The second-order valence-electron chi connectivity index (χ2n) is 3.42. The van der Waals surface area contributed by atoms with E-state index in [1.165, 1.54) is 32.7 Å². The van der Waals surface area contributed by atoms with Gasteiger partial charge < -0.3 is 0 Å². The Labute approximate surface area is 78.1 Å². The van der Waals surface area contributed by atoms with Crippen molar-refractivity contribution >= 4 is 17.4 Å².